The van der Waals surface area contributed by atoms with E-state index < -0.39 is 12.6 Å². The second kappa shape index (κ2) is 7.81. The Kier molecular flexibility index (Phi) is 5.31. The maximum Gasteiger partial charge on any atom is 0.405 e. The van der Waals surface area contributed by atoms with Crippen molar-refractivity contribution in [1.82, 2.24) is 4.90 Å². The summed E-state index contributed by atoms with van der Waals surface area (Å²) in [6.07, 6.45) is 1.18. The Labute approximate surface area is 149 Å². The van der Waals surface area contributed by atoms with Gasteiger partial charge >= 0.3 is 11.7 Å². The normalized spacial score (nSPS) is 14.2. The number of ether oxygens (including phenoxy) is 1. The number of hydrogen-bond acceptors (Lipinski definition) is 5. The van der Waals surface area contributed by atoms with Gasteiger partial charge in [0.1, 0.15) is 5.82 Å². The van der Waals surface area contributed by atoms with Crippen LogP contribution in [0.4, 0.5) is 10.1 Å². The first-order valence-corrected chi connectivity index (χ1v) is 8.19. The summed E-state index contributed by atoms with van der Waals surface area (Å²) in [6.45, 7) is 1.34. The maximum absolute atomic E-state index is 13.8. The third kappa shape index (κ3) is 3.90. The van der Waals surface area contributed by atoms with Crippen molar-refractivity contribution in [2.45, 2.75) is 0 Å². The van der Waals surface area contributed by atoms with Crippen LogP contribution in [-0.2, 0) is 9.53 Å². The molecule has 26 heavy (non-hydrogen) atoms. The van der Waals surface area contributed by atoms with Crippen molar-refractivity contribution >= 4 is 17.6 Å². The maximum atomic E-state index is 13.8. The minimum atomic E-state index is -0.848. The number of halogens is 1. The molecule has 1 aliphatic heterocycles. The molecule has 8 heteroatoms. The van der Waals surface area contributed by atoms with Crippen LogP contribution in [0.3, 0.4) is 0 Å². The molecule has 1 aromatic heterocycles. The zero-order valence-corrected chi connectivity index (χ0v) is 14.0. The number of amides is 1. The number of aromatic nitrogens is 1. The number of benzene rings is 1. The number of pyridine rings is 1. The Morgan fingerprint density at radius 1 is 1.08 bits per heavy atom. The van der Waals surface area contributed by atoms with E-state index in [0.29, 0.717) is 36.6 Å². The minimum Gasteiger partial charge on any atom is -0.618 e. The Hall–Kier alpha value is -3.16. The number of rotatable bonds is 4. The van der Waals surface area contributed by atoms with Gasteiger partial charge in [0.25, 0.3) is 5.91 Å². The molecule has 0 saturated carbocycles. The number of hydrogen-bond donors (Lipinski definition) is 0. The van der Waals surface area contributed by atoms with Gasteiger partial charge < -0.3 is 19.7 Å². The molecule has 136 valence electrons. The Morgan fingerprint density at radius 2 is 1.77 bits per heavy atom. The molecule has 1 aliphatic rings. The van der Waals surface area contributed by atoms with Crippen LogP contribution >= 0.6 is 0 Å². The molecule has 2 heterocycles. The second-order valence-electron chi connectivity index (χ2n) is 5.81. The lowest BCUT2D eigenvalue weighted by molar-refractivity contribution is -0.608. The zero-order chi connectivity index (χ0) is 18.5. The fourth-order valence-corrected chi connectivity index (χ4v) is 2.78. The van der Waals surface area contributed by atoms with Crippen LogP contribution in [0.15, 0.2) is 48.7 Å². The van der Waals surface area contributed by atoms with Crippen molar-refractivity contribution in [1.29, 1.82) is 0 Å². The topological polar surface area (TPSA) is 76.8 Å². The highest BCUT2D eigenvalue weighted by Gasteiger charge is 2.24. The van der Waals surface area contributed by atoms with E-state index in [1.165, 1.54) is 30.5 Å². The summed E-state index contributed by atoms with van der Waals surface area (Å²) in [4.78, 5) is 27.5. The molecule has 1 amide bonds. The molecule has 7 nitrogen and oxygen atoms in total. The first kappa shape index (κ1) is 17.7. The summed E-state index contributed by atoms with van der Waals surface area (Å²) in [5, 5.41) is 11.5. The summed E-state index contributed by atoms with van der Waals surface area (Å²) < 4.78 is 19.1. The predicted molar refractivity (Wildman–Crippen MR) is 90.9 cm³/mol. The van der Waals surface area contributed by atoms with Crippen molar-refractivity contribution in [3.8, 4) is 0 Å². The molecule has 1 aromatic carbocycles. The zero-order valence-electron chi connectivity index (χ0n) is 14.0. The molecule has 0 bridgehead atoms. The average molecular weight is 359 g/mol. The monoisotopic (exact) mass is 359 g/mol. The van der Waals surface area contributed by atoms with Crippen LogP contribution in [0.5, 0.6) is 0 Å². The molecule has 0 N–H and O–H groups in total. The van der Waals surface area contributed by atoms with Gasteiger partial charge in [-0.2, -0.15) is 4.73 Å². The lowest BCUT2D eigenvalue weighted by Crippen LogP contribution is -2.50. The van der Waals surface area contributed by atoms with Crippen LogP contribution in [0.25, 0.3) is 0 Å². The van der Waals surface area contributed by atoms with E-state index in [9.17, 15) is 19.2 Å². The molecule has 0 radical (unpaired) electrons. The largest absolute Gasteiger partial charge is 0.618 e. The van der Waals surface area contributed by atoms with Crippen molar-refractivity contribution in [3.63, 3.8) is 0 Å². The summed E-state index contributed by atoms with van der Waals surface area (Å²) in [5.41, 5.74) is 0.333. The van der Waals surface area contributed by atoms with Crippen molar-refractivity contribution in [3.05, 3.63) is 65.4 Å². The van der Waals surface area contributed by atoms with Crippen molar-refractivity contribution in [2.24, 2.45) is 0 Å². The second-order valence-corrected chi connectivity index (χ2v) is 5.81. The molecular formula is C18H18FN3O4. The van der Waals surface area contributed by atoms with Gasteiger partial charge in [0, 0.05) is 38.3 Å². The number of para-hydroxylation sites is 1. The van der Waals surface area contributed by atoms with Crippen LogP contribution in [0.1, 0.15) is 10.5 Å². The predicted octanol–water partition coefficient (Wildman–Crippen LogP) is 0.965. The van der Waals surface area contributed by atoms with Crippen molar-refractivity contribution < 1.29 is 23.4 Å². The third-order valence-corrected chi connectivity index (χ3v) is 4.19. The fraction of sp³-hybridized carbons (Fsp3) is 0.278. The summed E-state index contributed by atoms with van der Waals surface area (Å²) in [6, 6.07) is 10.9. The standard InChI is InChI=1S/C18H18FN3O4/c19-14-5-1-2-6-15(14)20-9-11-21(12-10-20)17(23)13-26-18(24)16-7-3-4-8-22(16)25/h1-8H,9-13H2. The van der Waals surface area contributed by atoms with E-state index in [2.05, 4.69) is 0 Å². The average Bonchev–Trinajstić information content (AvgIpc) is 2.67. The van der Waals surface area contributed by atoms with Gasteiger partial charge in [0.15, 0.2) is 12.8 Å². The van der Waals surface area contributed by atoms with Crippen molar-refractivity contribution in [2.75, 3.05) is 37.7 Å². The molecule has 0 aliphatic carbocycles. The molecule has 0 atom stereocenters. The third-order valence-electron chi connectivity index (χ3n) is 4.19. The molecule has 1 fully saturated rings. The molecule has 1 saturated heterocycles. The number of carbonyl (C=O) groups is 2. The molecule has 0 spiro atoms. The van der Waals surface area contributed by atoms with E-state index in [0.717, 1.165) is 0 Å². The van der Waals surface area contributed by atoms with Gasteiger partial charge in [-0.3, -0.25) is 4.79 Å². The van der Waals surface area contributed by atoms with E-state index in [-0.39, 0.29) is 17.4 Å². The van der Waals surface area contributed by atoms with Crippen LogP contribution in [0, 0.1) is 11.0 Å². The summed E-state index contributed by atoms with van der Waals surface area (Å²) in [5.74, 6) is -1.49. The SMILES string of the molecule is O=C(OCC(=O)N1CCN(c2ccccc2F)CC1)c1cccc[n+]1[O-]. The first-order chi connectivity index (χ1) is 12.6. The molecule has 3 rings (SSSR count). The highest BCUT2D eigenvalue weighted by molar-refractivity contribution is 5.88. The van der Waals surface area contributed by atoms with E-state index >= 15 is 0 Å². The lowest BCUT2D eigenvalue weighted by Gasteiger charge is -2.36. The number of nitrogens with zero attached hydrogens (tertiary/aromatic N) is 3. The quantitative estimate of drug-likeness (QED) is 0.462. The van der Waals surface area contributed by atoms with Crippen LogP contribution in [0.2, 0.25) is 0 Å². The van der Waals surface area contributed by atoms with E-state index in [1.807, 2.05) is 4.90 Å². The van der Waals surface area contributed by atoms with Gasteiger partial charge in [-0.25, -0.2) is 9.18 Å². The van der Waals surface area contributed by atoms with Gasteiger partial charge in [-0.05, 0) is 18.2 Å². The van der Waals surface area contributed by atoms with Gasteiger partial charge in [0.05, 0.1) is 5.69 Å². The minimum absolute atomic E-state index is 0.176. The number of carbonyl (C=O) groups excluding carboxylic acids is 2. The number of anilines is 1. The Morgan fingerprint density at radius 3 is 2.46 bits per heavy atom. The smallest absolute Gasteiger partial charge is 0.405 e. The highest BCUT2D eigenvalue weighted by atomic mass is 19.1. The summed E-state index contributed by atoms with van der Waals surface area (Å²) >= 11 is 0. The lowest BCUT2D eigenvalue weighted by atomic mass is 10.2. The fourth-order valence-electron chi connectivity index (χ4n) is 2.78. The van der Waals surface area contributed by atoms with Crippen LogP contribution < -0.4 is 9.63 Å². The van der Waals surface area contributed by atoms with Crippen LogP contribution in [-0.4, -0.2) is 49.6 Å². The molecule has 0 unspecified atom stereocenters. The van der Waals surface area contributed by atoms with Gasteiger partial charge in [-0.1, -0.05) is 12.1 Å². The Bertz CT molecular complexity index is 807. The molecule has 2 aromatic rings. The summed E-state index contributed by atoms with van der Waals surface area (Å²) in [7, 11) is 0. The van der Waals surface area contributed by atoms with E-state index in [4.69, 9.17) is 4.74 Å². The highest BCUT2D eigenvalue weighted by Crippen LogP contribution is 2.20. The molecular weight excluding hydrogens is 341 g/mol. The van der Waals surface area contributed by atoms with Gasteiger partial charge in [0.2, 0.25) is 0 Å². The van der Waals surface area contributed by atoms with Gasteiger partial charge in [-0.15, -0.1) is 0 Å². The number of esters is 1. The first-order valence-electron chi connectivity index (χ1n) is 8.19. The Balaban J connectivity index is 1.50. The van der Waals surface area contributed by atoms with E-state index in [1.54, 1.807) is 23.1 Å². The number of piperazine rings is 1.